The molecule has 16 heavy (non-hydrogen) atoms. The summed E-state index contributed by atoms with van der Waals surface area (Å²) in [7, 11) is 1.66. The third-order valence-corrected chi connectivity index (χ3v) is 2.92. The first-order valence-corrected chi connectivity index (χ1v) is 5.23. The van der Waals surface area contributed by atoms with Crippen LogP contribution in [0.5, 0.6) is 5.75 Å². The Morgan fingerprint density at radius 1 is 1.31 bits per heavy atom. The number of aromatic amines is 1. The van der Waals surface area contributed by atoms with E-state index in [0.717, 1.165) is 22.2 Å². The summed E-state index contributed by atoms with van der Waals surface area (Å²) in [5.74, 6) is 0.839. The number of aromatic nitrogens is 3. The molecular formula is C11H9N3OS. The number of benzene rings is 1. The maximum Gasteiger partial charge on any atom is 0.143 e. The Kier molecular flexibility index (Phi) is 1.94. The highest BCUT2D eigenvalue weighted by molar-refractivity contribution is 7.71. The first kappa shape index (κ1) is 9.35. The lowest BCUT2D eigenvalue weighted by atomic mass is 10.2. The minimum absolute atomic E-state index is 0.637. The van der Waals surface area contributed by atoms with Crippen LogP contribution in [-0.4, -0.2) is 21.7 Å². The van der Waals surface area contributed by atoms with Gasteiger partial charge in [-0.3, -0.25) is 9.50 Å². The highest BCUT2D eigenvalue weighted by atomic mass is 32.1. The van der Waals surface area contributed by atoms with Crippen molar-refractivity contribution in [2.24, 2.45) is 0 Å². The van der Waals surface area contributed by atoms with Crippen molar-refractivity contribution in [3.63, 3.8) is 0 Å². The third kappa shape index (κ3) is 1.22. The lowest BCUT2D eigenvalue weighted by molar-refractivity contribution is 0.415. The van der Waals surface area contributed by atoms with Crippen LogP contribution in [0.2, 0.25) is 0 Å². The molecule has 0 fully saturated rings. The Balaban J connectivity index is 2.50. The number of methoxy groups -OCH3 is 1. The molecule has 4 nitrogen and oxygen atoms in total. The predicted molar refractivity (Wildman–Crippen MR) is 64.4 cm³/mol. The van der Waals surface area contributed by atoms with Gasteiger partial charge in [-0.2, -0.15) is 5.10 Å². The molecule has 1 N–H and O–H groups in total. The van der Waals surface area contributed by atoms with Crippen LogP contribution in [-0.2, 0) is 0 Å². The van der Waals surface area contributed by atoms with Crippen molar-refractivity contribution in [2.45, 2.75) is 0 Å². The Morgan fingerprint density at radius 2 is 2.19 bits per heavy atom. The Bertz CT molecular complexity index is 729. The molecule has 0 atom stereocenters. The number of fused-ring (bicyclic) bond motifs is 3. The molecule has 0 aliphatic rings. The Morgan fingerprint density at radius 3 is 3.00 bits per heavy atom. The monoisotopic (exact) mass is 231 g/mol. The van der Waals surface area contributed by atoms with Gasteiger partial charge >= 0.3 is 0 Å². The van der Waals surface area contributed by atoms with E-state index in [1.54, 1.807) is 13.4 Å². The minimum atomic E-state index is 0.637. The lowest BCUT2D eigenvalue weighted by Gasteiger charge is -1.99. The largest absolute Gasteiger partial charge is 0.497 e. The predicted octanol–water partition coefficient (Wildman–Crippen LogP) is 2.55. The summed E-state index contributed by atoms with van der Waals surface area (Å²) in [6.45, 7) is 0. The van der Waals surface area contributed by atoms with Gasteiger partial charge in [0.2, 0.25) is 0 Å². The van der Waals surface area contributed by atoms with Crippen molar-refractivity contribution in [2.75, 3.05) is 7.11 Å². The number of nitrogens with one attached hydrogen (secondary N) is 1. The highest BCUT2D eigenvalue weighted by Gasteiger charge is 2.04. The number of rotatable bonds is 1. The van der Waals surface area contributed by atoms with E-state index in [-0.39, 0.29) is 0 Å². The minimum Gasteiger partial charge on any atom is -0.497 e. The quantitative estimate of drug-likeness (QED) is 0.654. The third-order valence-electron chi connectivity index (χ3n) is 2.62. The van der Waals surface area contributed by atoms with Crippen LogP contribution in [0.25, 0.3) is 16.4 Å². The molecule has 3 aromatic rings. The van der Waals surface area contributed by atoms with Gasteiger partial charge in [-0.25, -0.2) is 0 Å². The summed E-state index contributed by atoms with van der Waals surface area (Å²) in [6.07, 6.45) is 1.72. The maximum absolute atomic E-state index is 5.19. The summed E-state index contributed by atoms with van der Waals surface area (Å²) in [5, 5.41) is 7.85. The molecular weight excluding hydrogens is 222 g/mol. The van der Waals surface area contributed by atoms with Gasteiger partial charge in [0.1, 0.15) is 16.7 Å². The molecule has 0 aliphatic heterocycles. The summed E-state index contributed by atoms with van der Waals surface area (Å²) >= 11 is 5.19. The van der Waals surface area contributed by atoms with E-state index in [1.807, 2.05) is 28.7 Å². The maximum atomic E-state index is 5.19. The average molecular weight is 231 g/mol. The lowest BCUT2D eigenvalue weighted by Crippen LogP contribution is -1.90. The second kappa shape index (κ2) is 3.31. The molecule has 3 rings (SSSR count). The first-order chi connectivity index (χ1) is 7.79. The van der Waals surface area contributed by atoms with Crippen molar-refractivity contribution in [3.8, 4) is 5.75 Å². The molecule has 0 bridgehead atoms. The molecule has 2 heterocycles. The number of hydrogen-bond acceptors (Lipinski definition) is 3. The molecule has 0 spiro atoms. The van der Waals surface area contributed by atoms with E-state index in [2.05, 4.69) is 10.2 Å². The molecule has 0 saturated heterocycles. The van der Waals surface area contributed by atoms with E-state index in [9.17, 15) is 0 Å². The molecule has 0 amide bonds. The summed E-state index contributed by atoms with van der Waals surface area (Å²) in [4.78, 5) is 0. The van der Waals surface area contributed by atoms with Gasteiger partial charge in [0.05, 0.1) is 18.1 Å². The van der Waals surface area contributed by atoms with Crippen molar-refractivity contribution >= 4 is 28.6 Å². The molecule has 0 saturated carbocycles. The molecule has 2 aromatic heterocycles. The van der Waals surface area contributed by atoms with Crippen LogP contribution < -0.4 is 4.74 Å². The van der Waals surface area contributed by atoms with Crippen molar-refractivity contribution in [3.05, 3.63) is 35.2 Å². The molecule has 1 aromatic carbocycles. The van der Waals surface area contributed by atoms with Crippen LogP contribution in [0.1, 0.15) is 0 Å². The van der Waals surface area contributed by atoms with Crippen molar-refractivity contribution < 1.29 is 4.74 Å². The number of ether oxygens (including phenoxy) is 1. The van der Waals surface area contributed by atoms with E-state index >= 15 is 0 Å². The van der Waals surface area contributed by atoms with Gasteiger partial charge in [-0.1, -0.05) is 12.2 Å². The number of hydrogen-bond donors (Lipinski definition) is 1. The zero-order chi connectivity index (χ0) is 11.1. The molecule has 0 unspecified atom stereocenters. The first-order valence-electron chi connectivity index (χ1n) is 4.82. The smallest absolute Gasteiger partial charge is 0.143 e. The van der Waals surface area contributed by atoms with Gasteiger partial charge < -0.3 is 4.74 Å². The molecule has 0 aliphatic carbocycles. The zero-order valence-corrected chi connectivity index (χ0v) is 9.41. The molecule has 80 valence electrons. The fourth-order valence-electron chi connectivity index (χ4n) is 1.84. The van der Waals surface area contributed by atoms with Gasteiger partial charge in [-0.15, -0.1) is 0 Å². The van der Waals surface area contributed by atoms with E-state index in [4.69, 9.17) is 17.0 Å². The van der Waals surface area contributed by atoms with Gasteiger partial charge in [0, 0.05) is 5.39 Å². The Hall–Kier alpha value is -1.88. The summed E-state index contributed by atoms with van der Waals surface area (Å²) in [6, 6.07) is 7.93. The normalized spacial score (nSPS) is 11.1. The van der Waals surface area contributed by atoms with Crippen molar-refractivity contribution in [1.82, 2.24) is 14.6 Å². The fraction of sp³-hybridized carbons (Fsp3) is 0.0909. The molecule has 0 radical (unpaired) electrons. The van der Waals surface area contributed by atoms with Crippen LogP contribution >= 0.6 is 12.2 Å². The average Bonchev–Trinajstić information content (AvgIpc) is 2.68. The molecule has 5 heteroatoms. The van der Waals surface area contributed by atoms with Crippen LogP contribution in [0, 0.1) is 4.64 Å². The van der Waals surface area contributed by atoms with E-state index in [0.29, 0.717) is 4.64 Å². The van der Waals surface area contributed by atoms with Crippen molar-refractivity contribution in [1.29, 1.82) is 0 Å². The van der Waals surface area contributed by atoms with E-state index in [1.165, 1.54) is 0 Å². The van der Waals surface area contributed by atoms with Crippen LogP contribution in [0.3, 0.4) is 0 Å². The number of H-pyrrole nitrogens is 1. The van der Waals surface area contributed by atoms with Gasteiger partial charge in [0.15, 0.2) is 0 Å². The second-order valence-electron chi connectivity index (χ2n) is 3.51. The number of nitrogens with zero attached hydrogens (tertiary/aromatic N) is 2. The van der Waals surface area contributed by atoms with Gasteiger partial charge in [0.25, 0.3) is 0 Å². The van der Waals surface area contributed by atoms with Crippen LogP contribution in [0.4, 0.5) is 0 Å². The topological polar surface area (TPSA) is 42.3 Å². The zero-order valence-electron chi connectivity index (χ0n) is 8.60. The summed E-state index contributed by atoms with van der Waals surface area (Å²) in [5.41, 5.74) is 2.02. The summed E-state index contributed by atoms with van der Waals surface area (Å²) < 4.78 is 7.79. The standard InChI is InChI=1S/C11H9N3OS/c1-15-8-2-3-9-7(4-8)5-10-11(16)13-12-6-14(9)10/h2-6H,1H3,(H,13,16). The fourth-order valence-corrected chi connectivity index (χ4v) is 2.05. The Labute approximate surface area is 96.5 Å². The SMILES string of the molecule is COc1ccc2c(c1)cc1c(=S)[nH]ncn12. The van der Waals surface area contributed by atoms with E-state index < -0.39 is 0 Å². The van der Waals surface area contributed by atoms with Crippen LogP contribution in [0.15, 0.2) is 30.6 Å². The highest BCUT2D eigenvalue weighted by Crippen LogP contribution is 2.24. The second-order valence-corrected chi connectivity index (χ2v) is 3.92. The van der Waals surface area contributed by atoms with Gasteiger partial charge in [-0.05, 0) is 24.3 Å².